The van der Waals surface area contributed by atoms with Crippen LogP contribution < -0.4 is 10.6 Å². The van der Waals surface area contributed by atoms with E-state index < -0.39 is 0 Å². The van der Waals surface area contributed by atoms with Crippen LogP contribution in [0.3, 0.4) is 0 Å². The van der Waals surface area contributed by atoms with E-state index in [-0.39, 0.29) is 0 Å². The summed E-state index contributed by atoms with van der Waals surface area (Å²) in [5.74, 6) is 0. The van der Waals surface area contributed by atoms with Crippen molar-refractivity contribution in [2.45, 2.75) is 45.4 Å². The van der Waals surface area contributed by atoms with E-state index in [4.69, 9.17) is 10.5 Å². The van der Waals surface area contributed by atoms with Crippen molar-refractivity contribution in [1.82, 2.24) is 0 Å². The lowest BCUT2D eigenvalue weighted by Crippen LogP contribution is -2.30. The predicted molar refractivity (Wildman–Crippen MR) is 75.8 cm³/mol. The Hall–Kier alpha value is -1.06. The van der Waals surface area contributed by atoms with Gasteiger partial charge in [-0.15, -0.1) is 0 Å². The quantitative estimate of drug-likeness (QED) is 0.806. The normalized spacial score (nSPS) is 15.1. The van der Waals surface area contributed by atoms with Gasteiger partial charge in [-0.25, -0.2) is 0 Å². The van der Waals surface area contributed by atoms with E-state index in [0.717, 1.165) is 13.2 Å². The summed E-state index contributed by atoms with van der Waals surface area (Å²) in [6.07, 6.45) is 2.92. The predicted octanol–water partition coefficient (Wildman–Crippen LogP) is 2.54. The number of ether oxygens (including phenoxy) is 1. The summed E-state index contributed by atoms with van der Waals surface area (Å²) in [7, 11) is 0. The summed E-state index contributed by atoms with van der Waals surface area (Å²) in [4.78, 5) is 2.46. The summed E-state index contributed by atoms with van der Waals surface area (Å²) in [5.41, 5.74) is 8.11. The smallest absolute Gasteiger partial charge is 0.0645 e. The molecule has 1 saturated carbocycles. The SMILES string of the molecule is CC(C)OCCN(c1ccc(CN)cc1)C1CC1. The molecule has 1 aromatic rings. The molecule has 0 amide bonds. The first-order valence-corrected chi connectivity index (χ1v) is 6.88. The zero-order valence-electron chi connectivity index (χ0n) is 11.4. The lowest BCUT2D eigenvalue weighted by Gasteiger charge is -2.25. The van der Waals surface area contributed by atoms with Crippen LogP contribution >= 0.6 is 0 Å². The summed E-state index contributed by atoms with van der Waals surface area (Å²) in [5, 5.41) is 0. The van der Waals surface area contributed by atoms with Gasteiger partial charge >= 0.3 is 0 Å². The maximum Gasteiger partial charge on any atom is 0.0645 e. The second kappa shape index (κ2) is 6.21. The first-order chi connectivity index (χ1) is 8.70. The van der Waals surface area contributed by atoms with E-state index in [1.165, 1.54) is 24.1 Å². The van der Waals surface area contributed by atoms with Crippen LogP contribution in [0.2, 0.25) is 0 Å². The zero-order valence-corrected chi connectivity index (χ0v) is 11.4. The Morgan fingerprint density at radius 1 is 1.28 bits per heavy atom. The Bertz CT molecular complexity index is 357. The van der Waals surface area contributed by atoms with Crippen LogP contribution in [0.1, 0.15) is 32.3 Å². The van der Waals surface area contributed by atoms with Crippen molar-refractivity contribution in [2.24, 2.45) is 5.73 Å². The maximum atomic E-state index is 5.65. The Morgan fingerprint density at radius 2 is 1.94 bits per heavy atom. The topological polar surface area (TPSA) is 38.5 Å². The molecule has 0 bridgehead atoms. The standard InChI is InChI=1S/C15H24N2O/c1-12(2)18-10-9-17(15-7-8-15)14-5-3-13(11-16)4-6-14/h3-6,12,15H,7-11,16H2,1-2H3. The van der Waals surface area contributed by atoms with E-state index in [1.54, 1.807) is 0 Å². The number of anilines is 1. The van der Waals surface area contributed by atoms with Gasteiger partial charge in [-0.3, -0.25) is 0 Å². The van der Waals surface area contributed by atoms with E-state index in [1.807, 2.05) is 0 Å². The molecule has 1 aromatic carbocycles. The molecule has 0 radical (unpaired) electrons. The number of nitrogens with zero attached hydrogens (tertiary/aromatic N) is 1. The monoisotopic (exact) mass is 248 g/mol. The minimum Gasteiger partial charge on any atom is -0.377 e. The van der Waals surface area contributed by atoms with Crippen LogP contribution in [0.15, 0.2) is 24.3 Å². The summed E-state index contributed by atoms with van der Waals surface area (Å²) in [6.45, 7) is 6.55. The van der Waals surface area contributed by atoms with Crippen molar-refractivity contribution in [1.29, 1.82) is 0 Å². The van der Waals surface area contributed by atoms with E-state index in [2.05, 4.69) is 43.0 Å². The van der Waals surface area contributed by atoms with Gasteiger partial charge in [-0.1, -0.05) is 12.1 Å². The van der Waals surface area contributed by atoms with Crippen LogP contribution in [-0.2, 0) is 11.3 Å². The first kappa shape index (κ1) is 13.4. The highest BCUT2D eigenvalue weighted by Gasteiger charge is 2.28. The number of hydrogen-bond acceptors (Lipinski definition) is 3. The molecule has 3 heteroatoms. The molecular weight excluding hydrogens is 224 g/mol. The molecule has 1 fully saturated rings. The number of rotatable bonds is 7. The summed E-state index contributed by atoms with van der Waals surface area (Å²) < 4.78 is 5.65. The van der Waals surface area contributed by atoms with Crippen LogP contribution in [0.25, 0.3) is 0 Å². The molecule has 0 spiro atoms. The molecule has 100 valence electrons. The van der Waals surface area contributed by atoms with Gasteiger partial charge in [0.25, 0.3) is 0 Å². The molecule has 1 aliphatic rings. The van der Waals surface area contributed by atoms with Crippen molar-refractivity contribution >= 4 is 5.69 Å². The van der Waals surface area contributed by atoms with Gasteiger partial charge in [-0.05, 0) is 44.4 Å². The molecule has 0 saturated heterocycles. The van der Waals surface area contributed by atoms with E-state index in [9.17, 15) is 0 Å². The summed E-state index contributed by atoms with van der Waals surface area (Å²) >= 11 is 0. The lowest BCUT2D eigenvalue weighted by atomic mass is 10.2. The highest BCUT2D eigenvalue weighted by molar-refractivity contribution is 5.49. The third kappa shape index (κ3) is 3.72. The van der Waals surface area contributed by atoms with Crippen molar-refractivity contribution in [3.05, 3.63) is 29.8 Å². The molecule has 0 aliphatic heterocycles. The molecule has 2 N–H and O–H groups in total. The fraction of sp³-hybridized carbons (Fsp3) is 0.600. The van der Waals surface area contributed by atoms with Crippen molar-refractivity contribution in [3.8, 4) is 0 Å². The Balaban J connectivity index is 1.95. The third-order valence-electron chi connectivity index (χ3n) is 3.27. The van der Waals surface area contributed by atoms with E-state index >= 15 is 0 Å². The molecular formula is C15H24N2O. The minimum absolute atomic E-state index is 0.311. The Kier molecular flexibility index (Phi) is 4.61. The lowest BCUT2D eigenvalue weighted by molar-refractivity contribution is 0.0839. The molecule has 1 aliphatic carbocycles. The molecule has 0 atom stereocenters. The summed E-state index contributed by atoms with van der Waals surface area (Å²) in [6, 6.07) is 9.30. The maximum absolute atomic E-state index is 5.65. The van der Waals surface area contributed by atoms with Crippen molar-refractivity contribution < 1.29 is 4.74 Å². The van der Waals surface area contributed by atoms with Gasteiger partial charge in [0.2, 0.25) is 0 Å². The molecule has 0 aromatic heterocycles. The van der Waals surface area contributed by atoms with Gasteiger partial charge in [0.15, 0.2) is 0 Å². The van der Waals surface area contributed by atoms with Gasteiger partial charge in [-0.2, -0.15) is 0 Å². The highest BCUT2D eigenvalue weighted by atomic mass is 16.5. The second-order valence-corrected chi connectivity index (χ2v) is 5.21. The number of hydrogen-bond donors (Lipinski definition) is 1. The van der Waals surface area contributed by atoms with Crippen LogP contribution in [0.4, 0.5) is 5.69 Å². The zero-order chi connectivity index (χ0) is 13.0. The third-order valence-corrected chi connectivity index (χ3v) is 3.27. The molecule has 18 heavy (non-hydrogen) atoms. The highest BCUT2D eigenvalue weighted by Crippen LogP contribution is 2.31. The fourth-order valence-electron chi connectivity index (χ4n) is 2.12. The average Bonchev–Trinajstić information content (AvgIpc) is 3.19. The number of nitrogens with two attached hydrogens (primary N) is 1. The van der Waals surface area contributed by atoms with Crippen molar-refractivity contribution in [3.63, 3.8) is 0 Å². The van der Waals surface area contributed by atoms with Gasteiger partial charge in [0, 0.05) is 24.8 Å². The fourth-order valence-corrected chi connectivity index (χ4v) is 2.12. The average molecular weight is 248 g/mol. The Morgan fingerprint density at radius 3 is 2.44 bits per heavy atom. The van der Waals surface area contributed by atoms with Crippen LogP contribution in [0, 0.1) is 0 Å². The van der Waals surface area contributed by atoms with Crippen molar-refractivity contribution in [2.75, 3.05) is 18.1 Å². The number of benzene rings is 1. The van der Waals surface area contributed by atoms with Gasteiger partial charge < -0.3 is 15.4 Å². The second-order valence-electron chi connectivity index (χ2n) is 5.21. The van der Waals surface area contributed by atoms with Crippen LogP contribution in [-0.4, -0.2) is 25.3 Å². The van der Waals surface area contributed by atoms with Gasteiger partial charge in [0.05, 0.1) is 12.7 Å². The molecule has 0 heterocycles. The van der Waals surface area contributed by atoms with E-state index in [0.29, 0.717) is 18.7 Å². The molecule has 0 unspecified atom stereocenters. The largest absolute Gasteiger partial charge is 0.377 e. The first-order valence-electron chi connectivity index (χ1n) is 6.88. The van der Waals surface area contributed by atoms with Crippen LogP contribution in [0.5, 0.6) is 0 Å². The Labute approximate surface area is 110 Å². The van der Waals surface area contributed by atoms with Gasteiger partial charge in [0.1, 0.15) is 0 Å². The molecule has 2 rings (SSSR count). The molecule has 3 nitrogen and oxygen atoms in total. The minimum atomic E-state index is 0.311.